The van der Waals surface area contributed by atoms with Crippen molar-refractivity contribution in [3.63, 3.8) is 0 Å². The molecule has 2 unspecified atom stereocenters. The second kappa shape index (κ2) is 6.14. The molecule has 20 heavy (non-hydrogen) atoms. The third-order valence-corrected chi connectivity index (χ3v) is 3.95. The van der Waals surface area contributed by atoms with E-state index in [1.54, 1.807) is 4.90 Å². The van der Waals surface area contributed by atoms with Crippen LogP contribution in [0.25, 0.3) is 0 Å². The standard InChI is InChI=1S/C15H21BrN2O2/c1-9-6-12(16)8-11(7-10(2)17)14(9)20-13-4-5-18(3)15(13)19/h6,8,10,13H,4-5,7,17H2,1-3H3. The molecule has 1 fully saturated rings. The average molecular weight is 341 g/mol. The van der Waals surface area contributed by atoms with E-state index in [9.17, 15) is 4.79 Å². The summed E-state index contributed by atoms with van der Waals surface area (Å²) in [4.78, 5) is 13.7. The second-order valence-electron chi connectivity index (χ2n) is 5.55. The summed E-state index contributed by atoms with van der Waals surface area (Å²) >= 11 is 3.50. The number of nitrogens with two attached hydrogens (primary N) is 1. The molecule has 1 aliphatic rings. The van der Waals surface area contributed by atoms with E-state index in [4.69, 9.17) is 10.5 Å². The summed E-state index contributed by atoms with van der Waals surface area (Å²) in [6.45, 7) is 4.71. The maximum absolute atomic E-state index is 12.0. The summed E-state index contributed by atoms with van der Waals surface area (Å²) in [7, 11) is 1.81. The lowest BCUT2D eigenvalue weighted by Gasteiger charge is -2.19. The van der Waals surface area contributed by atoms with Crippen molar-refractivity contribution >= 4 is 21.8 Å². The molecular weight excluding hydrogens is 320 g/mol. The molecule has 0 spiro atoms. The fourth-order valence-corrected chi connectivity index (χ4v) is 3.13. The van der Waals surface area contributed by atoms with Crippen LogP contribution in [0.3, 0.4) is 0 Å². The molecule has 2 N–H and O–H groups in total. The third kappa shape index (κ3) is 3.33. The smallest absolute Gasteiger partial charge is 0.263 e. The number of hydrogen-bond acceptors (Lipinski definition) is 3. The normalized spacial score (nSPS) is 20.4. The van der Waals surface area contributed by atoms with Crippen molar-refractivity contribution in [2.45, 2.75) is 38.8 Å². The van der Waals surface area contributed by atoms with Crippen LogP contribution < -0.4 is 10.5 Å². The van der Waals surface area contributed by atoms with Gasteiger partial charge in [0.05, 0.1) is 0 Å². The number of aryl methyl sites for hydroxylation is 1. The third-order valence-electron chi connectivity index (χ3n) is 3.50. The molecule has 0 aromatic heterocycles. The predicted molar refractivity (Wildman–Crippen MR) is 82.9 cm³/mol. The maximum Gasteiger partial charge on any atom is 0.263 e. The van der Waals surface area contributed by atoms with Gasteiger partial charge in [0, 0.05) is 30.5 Å². The van der Waals surface area contributed by atoms with Crippen LogP contribution in [0.15, 0.2) is 16.6 Å². The number of likely N-dealkylation sites (tertiary alicyclic amines) is 1. The number of halogens is 1. The Morgan fingerprint density at radius 1 is 1.55 bits per heavy atom. The minimum atomic E-state index is -0.369. The van der Waals surface area contributed by atoms with Crippen molar-refractivity contribution < 1.29 is 9.53 Å². The summed E-state index contributed by atoms with van der Waals surface area (Å²) in [5.41, 5.74) is 7.98. The number of hydrogen-bond donors (Lipinski definition) is 1. The quantitative estimate of drug-likeness (QED) is 0.914. The summed E-state index contributed by atoms with van der Waals surface area (Å²) in [6.07, 6.45) is 1.10. The molecule has 2 atom stereocenters. The van der Waals surface area contributed by atoms with E-state index in [1.165, 1.54) is 0 Å². The van der Waals surface area contributed by atoms with Gasteiger partial charge in [0.15, 0.2) is 6.10 Å². The van der Waals surface area contributed by atoms with Gasteiger partial charge in [-0.15, -0.1) is 0 Å². The first-order valence-electron chi connectivity index (χ1n) is 6.84. The van der Waals surface area contributed by atoms with Gasteiger partial charge in [-0.05, 0) is 43.5 Å². The molecule has 2 rings (SSSR count). The molecular formula is C15H21BrN2O2. The molecule has 1 aromatic carbocycles. The van der Waals surface area contributed by atoms with Crippen molar-refractivity contribution in [3.8, 4) is 5.75 Å². The van der Waals surface area contributed by atoms with Gasteiger partial charge in [0.2, 0.25) is 0 Å². The highest BCUT2D eigenvalue weighted by Gasteiger charge is 2.31. The van der Waals surface area contributed by atoms with Crippen LogP contribution in [0.4, 0.5) is 0 Å². The zero-order chi connectivity index (χ0) is 14.9. The Morgan fingerprint density at radius 2 is 2.25 bits per heavy atom. The van der Waals surface area contributed by atoms with E-state index < -0.39 is 0 Å². The van der Waals surface area contributed by atoms with Gasteiger partial charge in [0.1, 0.15) is 5.75 Å². The summed E-state index contributed by atoms with van der Waals surface area (Å²) in [5, 5.41) is 0. The Labute approximate surface area is 128 Å². The number of likely N-dealkylation sites (N-methyl/N-ethyl adjacent to an activating group) is 1. The highest BCUT2D eigenvalue weighted by atomic mass is 79.9. The van der Waals surface area contributed by atoms with Gasteiger partial charge < -0.3 is 15.4 Å². The first kappa shape index (κ1) is 15.3. The lowest BCUT2D eigenvalue weighted by molar-refractivity contribution is -0.132. The van der Waals surface area contributed by atoms with Gasteiger partial charge in [-0.25, -0.2) is 0 Å². The molecule has 1 aliphatic heterocycles. The molecule has 4 nitrogen and oxygen atoms in total. The van der Waals surface area contributed by atoms with E-state index >= 15 is 0 Å². The zero-order valence-corrected chi connectivity index (χ0v) is 13.7. The first-order chi connectivity index (χ1) is 9.38. The van der Waals surface area contributed by atoms with Crippen molar-refractivity contribution in [1.29, 1.82) is 0 Å². The lowest BCUT2D eigenvalue weighted by atomic mass is 10.0. The van der Waals surface area contributed by atoms with E-state index in [0.29, 0.717) is 0 Å². The molecule has 0 aliphatic carbocycles. The highest BCUT2D eigenvalue weighted by molar-refractivity contribution is 9.10. The molecule has 0 bridgehead atoms. The molecule has 5 heteroatoms. The van der Waals surface area contributed by atoms with Crippen LogP contribution in [0.5, 0.6) is 5.75 Å². The minimum absolute atomic E-state index is 0.0491. The van der Waals surface area contributed by atoms with E-state index in [0.717, 1.165) is 40.7 Å². The number of amides is 1. The summed E-state index contributed by atoms with van der Waals surface area (Å²) in [5.74, 6) is 0.859. The zero-order valence-electron chi connectivity index (χ0n) is 12.1. The number of nitrogens with zero attached hydrogens (tertiary/aromatic N) is 1. The van der Waals surface area contributed by atoms with Crippen LogP contribution in [0.2, 0.25) is 0 Å². The Kier molecular flexibility index (Phi) is 4.70. The molecule has 110 valence electrons. The molecule has 0 saturated carbocycles. The van der Waals surface area contributed by atoms with Gasteiger partial charge in [0.25, 0.3) is 5.91 Å². The average Bonchev–Trinajstić information content (AvgIpc) is 2.64. The highest BCUT2D eigenvalue weighted by Crippen LogP contribution is 2.31. The lowest BCUT2D eigenvalue weighted by Crippen LogP contribution is -2.30. The Hall–Kier alpha value is -1.07. The van der Waals surface area contributed by atoms with Crippen LogP contribution >= 0.6 is 15.9 Å². The van der Waals surface area contributed by atoms with Crippen LogP contribution in [0, 0.1) is 6.92 Å². The number of carbonyl (C=O) groups is 1. The fourth-order valence-electron chi connectivity index (χ4n) is 2.51. The fraction of sp³-hybridized carbons (Fsp3) is 0.533. The van der Waals surface area contributed by atoms with Crippen LogP contribution in [-0.2, 0) is 11.2 Å². The van der Waals surface area contributed by atoms with Gasteiger partial charge >= 0.3 is 0 Å². The minimum Gasteiger partial charge on any atom is -0.480 e. The van der Waals surface area contributed by atoms with Crippen molar-refractivity contribution in [3.05, 3.63) is 27.7 Å². The molecule has 0 radical (unpaired) electrons. The SMILES string of the molecule is Cc1cc(Br)cc(CC(C)N)c1OC1CCN(C)C1=O. The molecule has 1 aromatic rings. The van der Waals surface area contributed by atoms with Gasteiger partial charge in [-0.3, -0.25) is 4.79 Å². The van der Waals surface area contributed by atoms with E-state index in [-0.39, 0.29) is 18.1 Å². The van der Waals surface area contributed by atoms with Gasteiger partial charge in [-0.1, -0.05) is 15.9 Å². The topological polar surface area (TPSA) is 55.6 Å². The Morgan fingerprint density at radius 3 is 2.80 bits per heavy atom. The number of ether oxygens (including phenoxy) is 1. The van der Waals surface area contributed by atoms with Crippen molar-refractivity contribution in [2.24, 2.45) is 5.73 Å². The van der Waals surface area contributed by atoms with Crippen molar-refractivity contribution in [2.75, 3.05) is 13.6 Å². The monoisotopic (exact) mass is 340 g/mol. The number of rotatable bonds is 4. The van der Waals surface area contributed by atoms with Crippen molar-refractivity contribution in [1.82, 2.24) is 4.90 Å². The second-order valence-corrected chi connectivity index (χ2v) is 6.46. The largest absolute Gasteiger partial charge is 0.480 e. The molecule has 1 saturated heterocycles. The molecule has 1 amide bonds. The van der Waals surface area contributed by atoms with Crippen LogP contribution in [-0.4, -0.2) is 36.5 Å². The van der Waals surface area contributed by atoms with E-state index in [1.807, 2.05) is 33.0 Å². The van der Waals surface area contributed by atoms with Crippen LogP contribution in [0.1, 0.15) is 24.5 Å². The number of benzene rings is 1. The summed E-state index contributed by atoms with van der Waals surface area (Å²) < 4.78 is 7.02. The maximum atomic E-state index is 12.0. The Balaban J connectivity index is 2.28. The summed E-state index contributed by atoms with van der Waals surface area (Å²) in [6, 6.07) is 4.07. The Bertz CT molecular complexity index is 517. The molecule has 1 heterocycles. The van der Waals surface area contributed by atoms with E-state index in [2.05, 4.69) is 15.9 Å². The predicted octanol–water partition coefficient (Wildman–Crippen LogP) is 2.26. The first-order valence-corrected chi connectivity index (χ1v) is 7.64. The number of carbonyl (C=O) groups excluding carboxylic acids is 1. The van der Waals surface area contributed by atoms with Gasteiger partial charge in [-0.2, -0.15) is 0 Å².